The molecule has 0 radical (unpaired) electrons. The lowest BCUT2D eigenvalue weighted by Gasteiger charge is -2.72. The first-order valence-electron chi connectivity index (χ1n) is 24.2. The monoisotopic (exact) mass is 872 g/mol. The van der Waals surface area contributed by atoms with Gasteiger partial charge in [-0.1, -0.05) is 104 Å². The van der Waals surface area contributed by atoms with Crippen molar-refractivity contribution in [3.05, 3.63) is 47.5 Å². The number of hydrogen-bond donors (Lipinski definition) is 3. The summed E-state index contributed by atoms with van der Waals surface area (Å²) in [6.45, 7) is 7.04. The molecule has 1 spiro atoms. The molecular weight excluding hydrogens is 801 g/mol. The van der Waals surface area contributed by atoms with Crippen molar-refractivity contribution < 1.29 is 34.4 Å². The van der Waals surface area contributed by atoms with Crippen LogP contribution in [0.4, 0.5) is 0 Å². The normalized spacial score (nSPS) is 45.5. The van der Waals surface area contributed by atoms with Crippen LogP contribution in [0, 0.1) is 62.6 Å². The second kappa shape index (κ2) is 17.1. The number of aliphatic hydroxyl groups is 3. The summed E-state index contributed by atoms with van der Waals surface area (Å²) in [7, 11) is 4.02. The summed E-state index contributed by atoms with van der Waals surface area (Å²) in [5.74, 6) is 8.28. The van der Waals surface area contributed by atoms with E-state index in [0.717, 1.165) is 101 Å². The molecule has 4 aliphatic carbocycles. The number of carbonyl (C=O) groups excluding carboxylic acids is 2. The molecule has 4 aliphatic heterocycles. The maximum atomic E-state index is 15.7. The van der Waals surface area contributed by atoms with Crippen molar-refractivity contribution in [2.45, 2.75) is 185 Å². The van der Waals surface area contributed by atoms with Crippen molar-refractivity contribution in [2.24, 2.45) is 50.7 Å². The first-order chi connectivity index (χ1) is 29.3. The molecule has 1 aromatic rings. The van der Waals surface area contributed by atoms with Gasteiger partial charge in [-0.3, -0.25) is 4.79 Å². The van der Waals surface area contributed by atoms with Gasteiger partial charge in [0.15, 0.2) is 0 Å². The van der Waals surface area contributed by atoms with Gasteiger partial charge < -0.3 is 24.8 Å². The third kappa shape index (κ3) is 7.58. The predicted octanol–water partition coefficient (Wildman–Crippen LogP) is 10.2. The number of hydrogen-bond acceptors (Lipinski definition) is 9. The van der Waals surface area contributed by atoms with Gasteiger partial charge in [-0.25, -0.2) is 4.79 Å². The van der Waals surface area contributed by atoms with Crippen LogP contribution in [0.5, 0.6) is 0 Å². The highest BCUT2D eigenvalue weighted by Crippen LogP contribution is 2.72. The number of rotatable bonds is 6. The number of cyclic esters (lactones) is 1. The number of fused-ring (bicyclic) bond motifs is 6. The van der Waals surface area contributed by atoms with Crippen LogP contribution in [-0.2, 0) is 25.5 Å². The Hall–Kier alpha value is -1.96. The van der Waals surface area contributed by atoms with Crippen molar-refractivity contribution in [3.63, 3.8) is 0 Å². The zero-order chi connectivity index (χ0) is 42.7. The Labute approximate surface area is 373 Å². The topological polar surface area (TPSA) is 113 Å². The summed E-state index contributed by atoms with van der Waals surface area (Å²) < 4.78 is 12.7. The highest BCUT2D eigenvalue weighted by Gasteiger charge is 2.78. The average molecular weight is 873 g/mol. The molecule has 6 fully saturated rings. The lowest BCUT2D eigenvalue weighted by molar-refractivity contribution is -0.339. The Morgan fingerprint density at radius 2 is 1.59 bits per heavy atom. The molecule has 3 N–H and O–H groups in total. The maximum Gasteiger partial charge on any atom is 0.331 e. The van der Waals surface area contributed by atoms with Crippen LogP contribution in [0.2, 0.25) is 0 Å². The number of ether oxygens (including phenoxy) is 2. The highest BCUT2D eigenvalue weighted by molar-refractivity contribution is 8.76. The minimum absolute atomic E-state index is 0.108. The fraction of sp³-hybridized carbons (Fsp3) is 0.769. The van der Waals surface area contributed by atoms with Crippen molar-refractivity contribution in [1.82, 2.24) is 0 Å². The van der Waals surface area contributed by atoms with Crippen LogP contribution < -0.4 is 0 Å². The van der Waals surface area contributed by atoms with Crippen LogP contribution in [0.3, 0.4) is 0 Å². The lowest BCUT2D eigenvalue weighted by atomic mass is 9.35. The lowest BCUT2D eigenvalue weighted by Crippen LogP contribution is -2.79. The Balaban J connectivity index is 1.25. The van der Waals surface area contributed by atoms with Crippen molar-refractivity contribution in [2.75, 3.05) is 12.4 Å². The minimum atomic E-state index is -1.68. The fourth-order valence-electron chi connectivity index (χ4n) is 15.5. The molecule has 2 saturated heterocycles. The van der Waals surface area contributed by atoms with Crippen molar-refractivity contribution in [1.29, 1.82) is 0 Å². The van der Waals surface area contributed by atoms with E-state index in [2.05, 4.69) is 56.0 Å². The van der Waals surface area contributed by atoms with Gasteiger partial charge in [-0.05, 0) is 137 Å². The van der Waals surface area contributed by atoms with E-state index in [1.807, 2.05) is 28.5 Å². The van der Waals surface area contributed by atoms with Crippen LogP contribution in [0.15, 0.2) is 42.0 Å². The van der Waals surface area contributed by atoms with E-state index in [9.17, 15) is 20.1 Å². The Kier molecular flexibility index (Phi) is 12.4. The Bertz CT molecular complexity index is 1890. The number of carbonyl (C=O) groups is 2. The number of aliphatic hydroxyl groups excluding tert-OH is 2. The van der Waals surface area contributed by atoms with Crippen LogP contribution in [-0.4, -0.2) is 68.8 Å². The van der Waals surface area contributed by atoms with Crippen LogP contribution >= 0.6 is 21.6 Å². The molecule has 8 aliphatic rings. The first-order valence-corrected chi connectivity index (χ1v) is 26.6. The fourth-order valence-corrected chi connectivity index (χ4v) is 19.0. The maximum absolute atomic E-state index is 15.7. The summed E-state index contributed by atoms with van der Waals surface area (Å²) in [5.41, 5.74) is -3.37. The van der Waals surface area contributed by atoms with Gasteiger partial charge in [-0.15, -0.1) is 5.92 Å². The summed E-state index contributed by atoms with van der Waals surface area (Å²) in [6, 6.07) is 10.9. The standard InChI is InChI=1S/C52H72O7S2/c1-47-25-19-41(61-60-34-37(31-47)29-35-13-6-4-7-14-35)39-17-10-11-23-50(39)24-12-22-48(2)32-40(59-46(50)56)45-49(3,38-15-8-5-9-16-38)27-21-43(54)52(45,42(53)20-26-47)51(48,57)28-18-36-30-44(55)58-33-36/h4,6-7,13-14,30,37-43,45,53-54,57H,5,8-11,15-21,23-29,31-34H2,1-3H3. The third-order valence-corrected chi connectivity index (χ3v) is 21.8. The smallest absolute Gasteiger partial charge is 0.331 e. The van der Waals surface area contributed by atoms with E-state index in [1.165, 1.54) is 12.0 Å². The molecule has 9 rings (SSSR count). The zero-order valence-electron chi connectivity index (χ0n) is 37.1. The van der Waals surface area contributed by atoms with E-state index in [1.54, 1.807) is 6.08 Å². The summed E-state index contributed by atoms with van der Waals surface area (Å²) in [4.78, 5) is 28.1. The summed E-state index contributed by atoms with van der Waals surface area (Å²) in [6.07, 6.45) is 15.9. The molecule has 0 aromatic heterocycles. The molecule has 13 unspecified atom stereocenters. The molecule has 13 atom stereocenters. The predicted molar refractivity (Wildman–Crippen MR) is 243 cm³/mol. The van der Waals surface area contributed by atoms with Gasteiger partial charge in [0, 0.05) is 35.8 Å². The van der Waals surface area contributed by atoms with Gasteiger partial charge in [0.25, 0.3) is 0 Å². The highest BCUT2D eigenvalue weighted by atomic mass is 33.1. The molecule has 7 nitrogen and oxygen atoms in total. The number of benzene rings is 1. The molecular formula is C52H72O7S2. The van der Waals surface area contributed by atoms with Gasteiger partial charge in [0.2, 0.25) is 0 Å². The Morgan fingerprint density at radius 1 is 0.852 bits per heavy atom. The minimum Gasteiger partial charge on any atom is -0.462 e. The van der Waals surface area contributed by atoms with Gasteiger partial charge >= 0.3 is 11.9 Å². The van der Waals surface area contributed by atoms with Gasteiger partial charge in [-0.2, -0.15) is 0 Å². The third-order valence-electron chi connectivity index (χ3n) is 18.6. The average Bonchev–Trinajstić information content (AvgIpc) is 3.71. The number of esters is 2. The molecule has 334 valence electrons. The van der Waals surface area contributed by atoms with Gasteiger partial charge in [0.1, 0.15) is 12.7 Å². The quantitative estimate of drug-likeness (QED) is 0.146. The molecule has 0 amide bonds. The van der Waals surface area contributed by atoms with Crippen LogP contribution in [0.1, 0.15) is 155 Å². The van der Waals surface area contributed by atoms with Crippen LogP contribution in [0.25, 0.3) is 0 Å². The van der Waals surface area contributed by atoms with E-state index < -0.39 is 51.5 Å². The molecule has 4 heterocycles. The molecule has 1 aromatic carbocycles. The molecule has 4 saturated carbocycles. The molecule has 6 bridgehead atoms. The summed E-state index contributed by atoms with van der Waals surface area (Å²) in [5, 5.41) is 41.5. The second-order valence-electron chi connectivity index (χ2n) is 22.1. The largest absolute Gasteiger partial charge is 0.462 e. The molecule has 9 heteroatoms. The first kappa shape index (κ1) is 44.3. The van der Waals surface area contributed by atoms with E-state index in [-0.39, 0.29) is 41.5 Å². The zero-order valence-corrected chi connectivity index (χ0v) is 38.8. The SMILES string of the molecule is CC12CCC(SSCC(Cc3ccccc3)C1)C1CCCCC13CC#CC1(C)CC(OC3=O)C3C(C)(C4CCCCC4)CCC(O)C3(C(O)CC2)C1(O)CCC1=CC(=O)OC1. The van der Waals surface area contributed by atoms with E-state index >= 15 is 4.79 Å². The Morgan fingerprint density at radius 3 is 2.34 bits per heavy atom. The van der Waals surface area contributed by atoms with E-state index in [0.29, 0.717) is 43.9 Å². The summed E-state index contributed by atoms with van der Waals surface area (Å²) >= 11 is 0. The van der Waals surface area contributed by atoms with Crippen molar-refractivity contribution in [3.8, 4) is 11.8 Å². The van der Waals surface area contributed by atoms with Crippen molar-refractivity contribution >= 4 is 33.5 Å². The second-order valence-corrected chi connectivity index (χ2v) is 24.8. The molecule has 61 heavy (non-hydrogen) atoms. The van der Waals surface area contributed by atoms with E-state index in [4.69, 9.17) is 9.47 Å². The van der Waals surface area contributed by atoms with Gasteiger partial charge in [0.05, 0.1) is 34.1 Å².